The largest absolute Gasteiger partial charge is 1.00 e. The van der Waals surface area contributed by atoms with Crippen molar-refractivity contribution in [2.75, 3.05) is 20.6 Å². The highest BCUT2D eigenvalue weighted by Gasteiger charge is 2.44. The highest BCUT2D eigenvalue weighted by molar-refractivity contribution is 5.30. The van der Waals surface area contributed by atoms with Gasteiger partial charge < -0.3 is 31.0 Å². The Labute approximate surface area is 215 Å². The van der Waals surface area contributed by atoms with Gasteiger partial charge in [-0.15, -0.1) is 0 Å². The molecular weight excluding hydrogens is 488 g/mol. The highest BCUT2D eigenvalue weighted by atomic mass is 79.9. The van der Waals surface area contributed by atoms with Gasteiger partial charge >= 0.3 is 0 Å². The summed E-state index contributed by atoms with van der Waals surface area (Å²) in [6, 6.07) is 20.7. The number of quaternary nitrogens is 1. The third-order valence-corrected chi connectivity index (χ3v) is 7.20. The van der Waals surface area contributed by atoms with E-state index in [2.05, 4.69) is 49.4 Å². The molecule has 4 rings (SSSR count). The van der Waals surface area contributed by atoms with E-state index in [0.717, 1.165) is 61.0 Å². The monoisotopic (exact) mass is 526 g/mol. The minimum absolute atomic E-state index is 0. The van der Waals surface area contributed by atoms with Gasteiger partial charge in [0.15, 0.2) is 11.4 Å². The normalized spacial score (nSPS) is 16.6. The summed E-state index contributed by atoms with van der Waals surface area (Å²) in [6.07, 6.45) is 10.9. The summed E-state index contributed by atoms with van der Waals surface area (Å²) in [7, 11) is 4.49. The summed E-state index contributed by atoms with van der Waals surface area (Å²) < 4.78 is 7.14. The number of aromatic nitrogens is 1. The van der Waals surface area contributed by atoms with Gasteiger partial charge in [-0.05, 0) is 43.2 Å². The summed E-state index contributed by atoms with van der Waals surface area (Å²) in [4.78, 5) is 4.63. The first-order chi connectivity index (χ1) is 16.0. The van der Waals surface area contributed by atoms with E-state index in [1.165, 1.54) is 24.8 Å². The van der Waals surface area contributed by atoms with Crippen LogP contribution in [0.1, 0.15) is 67.7 Å². The van der Waals surface area contributed by atoms with E-state index < -0.39 is 5.60 Å². The highest BCUT2D eigenvalue weighted by Crippen LogP contribution is 2.43. The summed E-state index contributed by atoms with van der Waals surface area (Å²) in [5.74, 6) is 1.45. The molecule has 184 valence electrons. The van der Waals surface area contributed by atoms with Crippen LogP contribution < -0.4 is 17.0 Å². The van der Waals surface area contributed by atoms with Crippen molar-refractivity contribution in [1.29, 1.82) is 0 Å². The van der Waals surface area contributed by atoms with Gasteiger partial charge in [-0.1, -0.05) is 79.9 Å². The molecule has 0 bridgehead atoms. The van der Waals surface area contributed by atoms with Gasteiger partial charge in [0.05, 0.1) is 26.8 Å². The van der Waals surface area contributed by atoms with Crippen molar-refractivity contribution < 1.29 is 31.0 Å². The second-order valence-corrected chi connectivity index (χ2v) is 10.4. The van der Waals surface area contributed by atoms with E-state index in [1.807, 2.05) is 36.5 Å². The molecule has 4 nitrogen and oxygen atoms in total. The van der Waals surface area contributed by atoms with Gasteiger partial charge in [-0.25, -0.2) is 4.98 Å². The van der Waals surface area contributed by atoms with Gasteiger partial charge in [0.25, 0.3) is 0 Å². The first-order valence-electron chi connectivity index (χ1n) is 12.6. The zero-order chi connectivity index (χ0) is 23.2. The smallest absolute Gasteiger partial charge is 0.231 e. The molecule has 1 N–H and O–H groups in total. The lowest BCUT2D eigenvalue weighted by atomic mass is 9.73. The third-order valence-electron chi connectivity index (χ3n) is 7.20. The molecular formula is C29H39BrN2O2. The number of benzene rings is 2. The molecule has 1 atom stereocenters. The Balaban J connectivity index is 0.00000324. The van der Waals surface area contributed by atoms with Gasteiger partial charge in [-0.3, -0.25) is 0 Å². The molecule has 1 saturated carbocycles. The molecule has 2 aromatic carbocycles. The molecule has 0 spiro atoms. The summed E-state index contributed by atoms with van der Waals surface area (Å²) >= 11 is 0. The summed E-state index contributed by atoms with van der Waals surface area (Å²) in [5, 5.41) is 12.0. The second kappa shape index (κ2) is 12.1. The van der Waals surface area contributed by atoms with Crippen LogP contribution >= 0.6 is 0 Å². The van der Waals surface area contributed by atoms with E-state index in [4.69, 9.17) is 4.42 Å². The lowest BCUT2D eigenvalue weighted by Gasteiger charge is -2.36. The van der Waals surface area contributed by atoms with Crippen LogP contribution in [0.2, 0.25) is 0 Å². The van der Waals surface area contributed by atoms with Crippen molar-refractivity contribution >= 4 is 0 Å². The fraction of sp³-hybridized carbons (Fsp3) is 0.483. The molecule has 34 heavy (non-hydrogen) atoms. The predicted octanol–water partition coefficient (Wildman–Crippen LogP) is 3.09. The Morgan fingerprint density at radius 3 is 2.26 bits per heavy atom. The Kier molecular flexibility index (Phi) is 9.52. The zero-order valence-corrected chi connectivity index (χ0v) is 22.2. The number of hydrogen-bond acceptors (Lipinski definition) is 3. The standard InChI is InChI=1S/C29H39N2O2.BrH/c1-31(2,21-13-12-16-24-14-6-3-7-15-24)23-27-22-30-28(33-27)29(32,25-17-8-4-9-18-25)26-19-10-5-11-20-26;/h3-4,6-9,14-15,17-18,22,26,32H,5,10-13,16,19-21,23H2,1-2H3;1H/q+1;/p-1/t29-;/m0./s1. The molecule has 1 heterocycles. The van der Waals surface area contributed by atoms with Gasteiger partial charge in [-0.2, -0.15) is 0 Å². The first kappa shape index (κ1) is 26.7. The average Bonchev–Trinajstić information content (AvgIpc) is 3.31. The quantitative estimate of drug-likeness (QED) is 0.326. The van der Waals surface area contributed by atoms with E-state index in [-0.39, 0.29) is 22.9 Å². The SMILES string of the molecule is C[N+](C)(CCCCc1ccccc1)Cc1cnc([C@](O)(c2ccccc2)C2CCCCC2)o1.[Br-]. The van der Waals surface area contributed by atoms with E-state index >= 15 is 0 Å². The molecule has 0 aliphatic heterocycles. The van der Waals surface area contributed by atoms with Crippen molar-refractivity contribution in [3.63, 3.8) is 0 Å². The Morgan fingerprint density at radius 1 is 0.941 bits per heavy atom. The van der Waals surface area contributed by atoms with Crippen LogP contribution in [-0.4, -0.2) is 35.2 Å². The number of rotatable bonds is 10. The van der Waals surface area contributed by atoms with Crippen molar-refractivity contribution in [3.05, 3.63) is 89.6 Å². The first-order valence-corrected chi connectivity index (χ1v) is 12.6. The molecule has 5 heteroatoms. The molecule has 0 radical (unpaired) electrons. The number of hydrogen-bond donors (Lipinski definition) is 1. The van der Waals surface area contributed by atoms with Crippen LogP contribution in [0, 0.1) is 5.92 Å². The minimum atomic E-state index is -1.16. The van der Waals surface area contributed by atoms with E-state index in [0.29, 0.717) is 5.89 Å². The number of nitrogens with zero attached hydrogens (tertiary/aromatic N) is 2. The van der Waals surface area contributed by atoms with Crippen molar-refractivity contribution in [2.45, 2.75) is 63.5 Å². The summed E-state index contributed by atoms with van der Waals surface area (Å²) in [5.41, 5.74) is 1.14. The van der Waals surface area contributed by atoms with Crippen molar-refractivity contribution in [1.82, 2.24) is 4.98 Å². The van der Waals surface area contributed by atoms with Crippen LogP contribution in [-0.2, 0) is 18.6 Å². The molecule has 0 unspecified atom stereocenters. The molecule has 1 aromatic heterocycles. The van der Waals surface area contributed by atoms with E-state index in [1.54, 1.807) is 0 Å². The summed E-state index contributed by atoms with van der Waals surface area (Å²) in [6.45, 7) is 1.85. The van der Waals surface area contributed by atoms with Crippen molar-refractivity contribution in [3.8, 4) is 0 Å². The molecule has 1 aliphatic carbocycles. The topological polar surface area (TPSA) is 46.3 Å². The lowest BCUT2D eigenvalue weighted by Crippen LogP contribution is -3.00. The van der Waals surface area contributed by atoms with Crippen molar-refractivity contribution in [2.24, 2.45) is 5.92 Å². The molecule has 0 amide bonds. The number of aryl methyl sites for hydroxylation is 1. The second-order valence-electron chi connectivity index (χ2n) is 10.4. The van der Waals surface area contributed by atoms with Crippen LogP contribution in [0.5, 0.6) is 0 Å². The minimum Gasteiger partial charge on any atom is -1.00 e. The fourth-order valence-electron chi connectivity index (χ4n) is 5.32. The van der Waals surface area contributed by atoms with Crippen LogP contribution in [0.4, 0.5) is 0 Å². The van der Waals surface area contributed by atoms with Crippen LogP contribution in [0.3, 0.4) is 0 Å². The van der Waals surface area contributed by atoms with E-state index in [9.17, 15) is 5.11 Å². The maximum absolute atomic E-state index is 12.0. The maximum Gasteiger partial charge on any atom is 0.231 e. The van der Waals surface area contributed by atoms with Gasteiger partial charge in [0.1, 0.15) is 6.54 Å². The number of unbranched alkanes of at least 4 members (excludes halogenated alkanes) is 1. The van der Waals surface area contributed by atoms with Crippen LogP contribution in [0.25, 0.3) is 0 Å². The molecule has 1 fully saturated rings. The van der Waals surface area contributed by atoms with Gasteiger partial charge in [0.2, 0.25) is 5.89 Å². The fourth-order valence-corrected chi connectivity index (χ4v) is 5.32. The zero-order valence-electron chi connectivity index (χ0n) is 20.6. The maximum atomic E-state index is 12.0. The number of oxazole rings is 1. The Hall–Kier alpha value is -1.95. The Morgan fingerprint density at radius 2 is 1.59 bits per heavy atom. The molecule has 0 saturated heterocycles. The van der Waals surface area contributed by atoms with Crippen LogP contribution in [0.15, 0.2) is 71.3 Å². The molecule has 1 aliphatic rings. The lowest BCUT2D eigenvalue weighted by molar-refractivity contribution is -0.904. The predicted molar refractivity (Wildman–Crippen MR) is 133 cm³/mol. The third kappa shape index (κ3) is 6.59. The number of aliphatic hydroxyl groups is 1. The number of halogens is 1. The Bertz CT molecular complexity index is 984. The average molecular weight is 528 g/mol. The molecule has 3 aromatic rings. The van der Waals surface area contributed by atoms with Gasteiger partial charge in [0, 0.05) is 5.92 Å².